The lowest BCUT2D eigenvalue weighted by atomic mass is 9.88. The summed E-state index contributed by atoms with van der Waals surface area (Å²) in [4.78, 5) is 74.9. The largest absolute Gasteiger partial charge is 0.477 e. The van der Waals surface area contributed by atoms with Gasteiger partial charge in [0.1, 0.15) is 159 Å². The van der Waals surface area contributed by atoms with E-state index < -0.39 is 321 Å². The maximum Gasteiger partial charge on any atom is 0.364 e. The highest BCUT2D eigenvalue weighted by atomic mass is 16.8. The third-order valence-corrected chi connectivity index (χ3v) is 18.1. The number of carbonyl (C=O) groups is 6. The molecule has 4 amide bonds. The number of ether oxygens (including phenoxy) is 13. The van der Waals surface area contributed by atoms with Crippen molar-refractivity contribution in [1.82, 2.24) is 21.3 Å². The molecule has 0 unspecified atom stereocenters. The third-order valence-electron chi connectivity index (χ3n) is 18.1. The van der Waals surface area contributed by atoms with Crippen molar-refractivity contribution in [3.05, 3.63) is 0 Å². The van der Waals surface area contributed by atoms with Crippen molar-refractivity contribution in [2.24, 2.45) is 0 Å². The van der Waals surface area contributed by atoms with Crippen molar-refractivity contribution in [2.75, 3.05) is 46.2 Å². The van der Waals surface area contributed by atoms with Crippen LogP contribution in [-0.2, 0) is 90.3 Å². The Morgan fingerprint density at radius 2 is 0.735 bits per heavy atom. The first-order valence-electron chi connectivity index (χ1n) is 31.9. The van der Waals surface area contributed by atoms with Gasteiger partial charge in [-0.2, -0.15) is 0 Å². The fourth-order valence-corrected chi connectivity index (χ4v) is 12.7. The standard InChI is InChI=1S/C56H92N4O42/c1-14(65)57-27-18(69)5-55(53(86)87,101-45(27)31(73)20(71)7-61)91-12-25-33(75)38(80)41(83)51(96-25)98-43-22(9-63)94-49(29(36(43)78)59-16(3)67)90-11-24-35(77)40(82)47(48(85)93-24)100-50-30(60-17(4)68)37(79)44(23(10-64)95-50)99-52-42(84)39(81)34(76)26(97-52)13-92-56(54(88)89)6-19(70)28(58-15(2)66)46(102-56)32(74)21(72)8-62/h18-52,61-64,69-85H,5-13H2,1-4H3,(H,57,65)(H,58,66)(H,59,67)(H,60,68)(H,86,87)(H,88,89)/t18-,19-,20+,21+,22+,23+,24+,25+,26+,27+,28+,29+,30+,31+,32+,33-,34-,35+,36+,37+,38-,39-,40-,41+,42+,43+,44+,45+,46+,47-,48-,49+,50-,51-,52-,55+,56+/m0/s1. The molecule has 46 heteroatoms. The monoisotopic (exact) mass is 1490 g/mol. The zero-order chi connectivity index (χ0) is 76.1. The van der Waals surface area contributed by atoms with Gasteiger partial charge < -0.3 is 200 Å². The van der Waals surface area contributed by atoms with Crippen LogP contribution in [-0.4, -0.2) is 425 Å². The number of amides is 4. The number of rotatable bonds is 29. The molecule has 0 aromatic heterocycles. The minimum atomic E-state index is -3.02. The molecule has 7 fully saturated rings. The van der Waals surface area contributed by atoms with Gasteiger partial charge in [-0.05, 0) is 0 Å². The Hall–Kier alpha value is -4.54. The van der Waals surface area contributed by atoms with E-state index in [1.54, 1.807) is 0 Å². The highest BCUT2D eigenvalue weighted by Gasteiger charge is 2.61. The second kappa shape index (κ2) is 35.9. The predicted molar refractivity (Wildman–Crippen MR) is 313 cm³/mol. The zero-order valence-corrected chi connectivity index (χ0v) is 54.6. The highest BCUT2D eigenvalue weighted by molar-refractivity contribution is 5.77. The number of carboxylic acid groups (broad SMARTS) is 2. The van der Waals surface area contributed by atoms with E-state index in [9.17, 15) is 146 Å². The van der Waals surface area contributed by atoms with Crippen molar-refractivity contribution < 1.29 is 208 Å². The summed E-state index contributed by atoms with van der Waals surface area (Å²) in [5.74, 6) is -13.4. The van der Waals surface area contributed by atoms with E-state index >= 15 is 0 Å². The molecule has 7 saturated heterocycles. The molecule has 0 radical (unpaired) electrons. The first-order chi connectivity index (χ1) is 47.8. The van der Waals surface area contributed by atoms with Gasteiger partial charge in [0.15, 0.2) is 31.5 Å². The first kappa shape index (κ1) is 84.7. The van der Waals surface area contributed by atoms with E-state index in [0.717, 1.165) is 27.7 Å². The van der Waals surface area contributed by atoms with Crippen LogP contribution in [0.2, 0.25) is 0 Å². The van der Waals surface area contributed by atoms with Crippen molar-refractivity contribution in [1.29, 1.82) is 0 Å². The van der Waals surface area contributed by atoms with Crippen LogP contribution in [0.3, 0.4) is 0 Å². The Morgan fingerprint density at radius 1 is 0.402 bits per heavy atom. The number of aliphatic hydroxyl groups excluding tert-OH is 21. The molecule has 0 spiro atoms. The Balaban J connectivity index is 0.998. The lowest BCUT2D eigenvalue weighted by Crippen LogP contribution is -2.69. The lowest BCUT2D eigenvalue weighted by Gasteiger charge is -2.49. The number of nitrogens with one attached hydrogen (secondary N) is 4. The molecule has 27 N–H and O–H groups in total. The number of aliphatic carboxylic acids is 2. The molecule has 0 aromatic rings. The summed E-state index contributed by atoms with van der Waals surface area (Å²) in [7, 11) is 0. The van der Waals surface area contributed by atoms with Gasteiger partial charge in [0, 0.05) is 40.5 Å². The van der Waals surface area contributed by atoms with E-state index in [4.69, 9.17) is 61.6 Å². The molecule has 46 nitrogen and oxygen atoms in total. The predicted octanol–water partition coefficient (Wildman–Crippen LogP) is -17.3. The summed E-state index contributed by atoms with van der Waals surface area (Å²) >= 11 is 0. The first-order valence-corrected chi connectivity index (χ1v) is 31.9. The van der Waals surface area contributed by atoms with Gasteiger partial charge in [-0.25, -0.2) is 9.59 Å². The molecular formula is C56H92N4O42. The Kier molecular flexibility index (Phi) is 29.8. The summed E-state index contributed by atoms with van der Waals surface area (Å²) < 4.78 is 74.0. The minimum absolute atomic E-state index is 0.805. The SMILES string of the molecule is CC(=O)N[C@H]1[C@H](OC[C@H]2O[C@H](O)[C@@H](O[C@@H]3O[C@H](CO)[C@@H](O[C@@H]4O[C@H](CO[C@]5(C(=O)O)C[C@H](O)[C@@H](NC(C)=O)[C@H]([C@H](O)[C@H](O)CO)O5)[C@H](O)[C@H](O)[C@H]4O)[C@H](O)[C@H]3NC(C)=O)[C@@H](O)[C@@H]2O)O[C@H](CO)[C@@H](O[C@@H]2O[C@H](CO[C@]3(C(=O)O)C[C@H](O)[C@@H](NC(C)=O)[C@H]([C@H](O)[C@H](O)CO)O3)[C@H](O)[C@H](O)[C@H]2O)[C@@H]1O. The Morgan fingerprint density at radius 3 is 1.10 bits per heavy atom. The molecular weight excluding hydrogens is 1400 g/mol. The molecule has 0 aromatic carbocycles. The topological polar surface area (TPSA) is 736 Å². The molecule has 7 heterocycles. The van der Waals surface area contributed by atoms with Crippen molar-refractivity contribution in [3.63, 3.8) is 0 Å². The van der Waals surface area contributed by atoms with Crippen LogP contribution in [0.5, 0.6) is 0 Å². The molecule has 7 rings (SSSR count). The smallest absolute Gasteiger partial charge is 0.364 e. The van der Waals surface area contributed by atoms with E-state index in [-0.39, 0.29) is 0 Å². The average Bonchev–Trinajstić information content (AvgIpc) is 0.774. The van der Waals surface area contributed by atoms with Gasteiger partial charge in [0.05, 0.1) is 70.5 Å². The minimum Gasteiger partial charge on any atom is -0.477 e. The molecule has 0 bridgehead atoms. The van der Waals surface area contributed by atoms with Gasteiger partial charge in [0.2, 0.25) is 23.6 Å². The van der Waals surface area contributed by atoms with Crippen LogP contribution in [0.1, 0.15) is 40.5 Å². The highest BCUT2D eigenvalue weighted by Crippen LogP contribution is 2.40. The molecule has 37 atom stereocenters. The molecule has 588 valence electrons. The number of carbonyl (C=O) groups excluding carboxylic acids is 4. The molecule has 7 aliphatic rings. The van der Waals surface area contributed by atoms with Gasteiger partial charge in [-0.1, -0.05) is 0 Å². The van der Waals surface area contributed by atoms with Gasteiger partial charge in [-0.15, -0.1) is 0 Å². The van der Waals surface area contributed by atoms with E-state index in [0.29, 0.717) is 0 Å². The van der Waals surface area contributed by atoms with Crippen molar-refractivity contribution >= 4 is 35.6 Å². The Bertz CT molecular complexity index is 2770. The normalized spacial score (nSPS) is 44.6. The average molecular weight is 1490 g/mol. The Labute approximate surface area is 576 Å². The van der Waals surface area contributed by atoms with Crippen LogP contribution in [0, 0.1) is 0 Å². The van der Waals surface area contributed by atoms with Crippen LogP contribution in [0.4, 0.5) is 0 Å². The molecule has 102 heavy (non-hydrogen) atoms. The third kappa shape index (κ3) is 18.9. The van der Waals surface area contributed by atoms with Crippen LogP contribution < -0.4 is 21.3 Å². The number of hydrogen-bond donors (Lipinski definition) is 27. The maximum atomic E-state index is 12.8. The van der Waals surface area contributed by atoms with Crippen LogP contribution in [0.15, 0.2) is 0 Å². The summed E-state index contributed by atoms with van der Waals surface area (Å²) in [5, 5.41) is 258. The van der Waals surface area contributed by atoms with Gasteiger partial charge in [0.25, 0.3) is 11.6 Å². The number of carboxylic acids is 2. The van der Waals surface area contributed by atoms with E-state index in [2.05, 4.69) is 21.3 Å². The summed E-state index contributed by atoms with van der Waals surface area (Å²) in [5.41, 5.74) is 0. The summed E-state index contributed by atoms with van der Waals surface area (Å²) in [6.45, 7) is -3.82. The van der Waals surface area contributed by atoms with E-state index in [1.165, 1.54) is 0 Å². The lowest BCUT2D eigenvalue weighted by molar-refractivity contribution is -0.375. The second-order valence-electron chi connectivity index (χ2n) is 25.5. The van der Waals surface area contributed by atoms with E-state index in [1.807, 2.05) is 0 Å². The summed E-state index contributed by atoms with van der Waals surface area (Å²) in [6, 6.07) is -6.90. The molecule has 0 aliphatic carbocycles. The quantitative estimate of drug-likeness (QED) is 0.0331. The van der Waals surface area contributed by atoms with Crippen LogP contribution in [0.25, 0.3) is 0 Å². The second-order valence-corrected chi connectivity index (χ2v) is 25.5. The van der Waals surface area contributed by atoms with Gasteiger partial charge in [-0.3, -0.25) is 19.2 Å². The molecule has 0 saturated carbocycles. The fourth-order valence-electron chi connectivity index (χ4n) is 12.7. The summed E-state index contributed by atoms with van der Waals surface area (Å²) in [6.07, 6.45) is -66.6. The van der Waals surface area contributed by atoms with Crippen molar-refractivity contribution in [2.45, 2.75) is 266 Å². The number of aliphatic hydroxyl groups is 21. The van der Waals surface area contributed by atoms with Crippen LogP contribution >= 0.6 is 0 Å². The number of hydrogen-bond acceptors (Lipinski definition) is 40. The molecule has 7 aliphatic heterocycles. The fraction of sp³-hybridized carbons (Fsp3) is 0.893. The zero-order valence-electron chi connectivity index (χ0n) is 54.6. The maximum absolute atomic E-state index is 12.8. The van der Waals surface area contributed by atoms with Gasteiger partial charge >= 0.3 is 11.9 Å². The van der Waals surface area contributed by atoms with Crippen molar-refractivity contribution in [3.8, 4) is 0 Å².